The number of para-hydroxylation sites is 2. The van der Waals surface area contributed by atoms with Crippen LogP contribution < -0.4 is 4.90 Å². The van der Waals surface area contributed by atoms with Crippen molar-refractivity contribution in [2.45, 2.75) is 0 Å². The molecule has 0 saturated heterocycles. The van der Waals surface area contributed by atoms with Gasteiger partial charge in [-0.1, -0.05) is 152 Å². The van der Waals surface area contributed by atoms with Gasteiger partial charge in [0.05, 0.1) is 33.8 Å². The zero-order valence-corrected chi connectivity index (χ0v) is 30.8. The molecule has 264 valence electrons. The van der Waals surface area contributed by atoms with Crippen LogP contribution in [0.15, 0.2) is 194 Å². The first-order chi connectivity index (χ1) is 28.3. The average Bonchev–Trinajstić information content (AvgIpc) is 3.28. The molecule has 1 aliphatic rings. The topological polar surface area (TPSA) is 41.9 Å². The maximum atomic E-state index is 5.38. The number of aromatic nitrogens is 3. The molecule has 0 fully saturated rings. The van der Waals surface area contributed by atoms with Crippen LogP contribution in [-0.4, -0.2) is 15.0 Å². The molecule has 11 aromatic rings. The van der Waals surface area contributed by atoms with Crippen molar-refractivity contribution >= 4 is 71.2 Å². The summed E-state index contributed by atoms with van der Waals surface area (Å²) >= 11 is 0. The summed E-state index contributed by atoms with van der Waals surface area (Å²) in [5.41, 5.74) is 13.0. The molecule has 0 atom stereocenters. The van der Waals surface area contributed by atoms with Crippen LogP contribution in [0, 0.1) is 0 Å². The van der Waals surface area contributed by atoms with Crippen molar-refractivity contribution in [3.05, 3.63) is 194 Å². The molecule has 4 nitrogen and oxygen atoms in total. The number of benzene rings is 9. The van der Waals surface area contributed by atoms with Gasteiger partial charge < -0.3 is 4.90 Å². The second-order valence-corrected chi connectivity index (χ2v) is 14.8. The van der Waals surface area contributed by atoms with E-state index in [1.807, 2.05) is 12.3 Å². The number of anilines is 3. The van der Waals surface area contributed by atoms with Gasteiger partial charge in [-0.2, -0.15) is 0 Å². The summed E-state index contributed by atoms with van der Waals surface area (Å²) in [6.07, 6.45) is 1.86. The summed E-state index contributed by atoms with van der Waals surface area (Å²) in [5, 5.41) is 9.33. The maximum Gasteiger partial charge on any atom is 0.161 e. The fourth-order valence-corrected chi connectivity index (χ4v) is 9.00. The molecule has 0 N–H and O–H groups in total. The van der Waals surface area contributed by atoms with Gasteiger partial charge in [0.2, 0.25) is 0 Å². The molecular formula is C53H32N4. The van der Waals surface area contributed by atoms with E-state index >= 15 is 0 Å². The predicted octanol–water partition coefficient (Wildman–Crippen LogP) is 14.1. The van der Waals surface area contributed by atoms with Gasteiger partial charge in [-0.3, -0.25) is 4.98 Å². The van der Waals surface area contributed by atoms with E-state index in [1.165, 1.54) is 44.0 Å². The summed E-state index contributed by atoms with van der Waals surface area (Å²) in [6, 6.07) is 67.3. The fourth-order valence-electron chi connectivity index (χ4n) is 9.00. The Kier molecular flexibility index (Phi) is 6.89. The monoisotopic (exact) mass is 724 g/mol. The molecule has 4 heteroatoms. The standard InChI is InChI=1S/C53H32N4/c1-2-12-38-32-49-45(31-37(38)11-1)42-21-5-13-34-14-7-25-48(50(34)42)57(49)47-24-9-19-40-41(47)20-8-22-43(40)53-55-46-23-4-3-17-44(46)52(56-53)36-28-26-33(27-29-36)39-18-6-15-35-16-10-30-54-51(35)39/h1-32H. The zero-order valence-electron chi connectivity index (χ0n) is 30.8. The van der Waals surface area contributed by atoms with E-state index < -0.39 is 0 Å². The third-order valence-electron chi connectivity index (χ3n) is 11.6. The second kappa shape index (κ2) is 12.4. The molecule has 57 heavy (non-hydrogen) atoms. The highest BCUT2D eigenvalue weighted by Crippen LogP contribution is 2.53. The van der Waals surface area contributed by atoms with Crippen LogP contribution in [-0.2, 0) is 0 Å². The molecule has 0 unspecified atom stereocenters. The molecule has 3 heterocycles. The van der Waals surface area contributed by atoms with E-state index in [1.54, 1.807) is 0 Å². The van der Waals surface area contributed by atoms with Crippen LogP contribution in [0.4, 0.5) is 17.1 Å². The molecule has 0 spiro atoms. The number of rotatable bonds is 4. The molecule has 12 rings (SSSR count). The van der Waals surface area contributed by atoms with Crippen LogP contribution in [0.25, 0.3) is 99.0 Å². The van der Waals surface area contributed by atoms with Crippen LogP contribution in [0.1, 0.15) is 0 Å². The Hall–Kier alpha value is -7.69. The maximum absolute atomic E-state index is 5.38. The summed E-state index contributed by atoms with van der Waals surface area (Å²) in [4.78, 5) is 17.8. The first kappa shape index (κ1) is 31.6. The van der Waals surface area contributed by atoms with Gasteiger partial charge in [-0.15, -0.1) is 0 Å². The number of hydrogen-bond donors (Lipinski definition) is 0. The van der Waals surface area contributed by atoms with E-state index in [-0.39, 0.29) is 0 Å². The van der Waals surface area contributed by atoms with E-state index in [0.717, 1.165) is 66.2 Å². The third-order valence-corrected chi connectivity index (χ3v) is 11.6. The average molecular weight is 725 g/mol. The minimum absolute atomic E-state index is 0.700. The molecular weight excluding hydrogens is 693 g/mol. The number of pyridine rings is 1. The van der Waals surface area contributed by atoms with Gasteiger partial charge in [0, 0.05) is 50.0 Å². The Balaban J connectivity index is 1.04. The molecule has 0 amide bonds. The van der Waals surface area contributed by atoms with Gasteiger partial charge in [0.15, 0.2) is 5.82 Å². The largest absolute Gasteiger partial charge is 0.309 e. The SMILES string of the molecule is c1ccc2cc3c(cc2c1)-c1cccc2cccc(c12)N3c1cccc2c(-c3nc(-c4ccc(-c5cccc6cccnc56)cc4)c4ccccc4n3)cccc12. The molecule has 9 aromatic carbocycles. The van der Waals surface area contributed by atoms with E-state index in [2.05, 4.69) is 187 Å². The van der Waals surface area contributed by atoms with Crippen LogP contribution in [0.2, 0.25) is 0 Å². The molecule has 0 radical (unpaired) electrons. The van der Waals surface area contributed by atoms with Crippen molar-refractivity contribution in [1.29, 1.82) is 0 Å². The summed E-state index contributed by atoms with van der Waals surface area (Å²) < 4.78 is 0. The highest BCUT2D eigenvalue weighted by atomic mass is 15.2. The molecule has 1 aliphatic heterocycles. The van der Waals surface area contributed by atoms with Gasteiger partial charge in [-0.25, -0.2) is 9.97 Å². The second-order valence-electron chi connectivity index (χ2n) is 14.8. The lowest BCUT2D eigenvalue weighted by Gasteiger charge is -2.34. The van der Waals surface area contributed by atoms with Crippen molar-refractivity contribution < 1.29 is 0 Å². The smallest absolute Gasteiger partial charge is 0.161 e. The Morgan fingerprint density at radius 1 is 0.368 bits per heavy atom. The summed E-state index contributed by atoms with van der Waals surface area (Å²) in [5.74, 6) is 0.700. The van der Waals surface area contributed by atoms with Crippen LogP contribution in [0.5, 0.6) is 0 Å². The Morgan fingerprint density at radius 2 is 1.00 bits per heavy atom. The molecule has 0 bridgehead atoms. The Labute approximate surface area is 329 Å². The van der Waals surface area contributed by atoms with Crippen molar-refractivity contribution in [3.63, 3.8) is 0 Å². The highest BCUT2D eigenvalue weighted by molar-refractivity contribution is 6.18. The lowest BCUT2D eigenvalue weighted by molar-refractivity contribution is 1.23. The normalized spacial score (nSPS) is 12.2. The highest BCUT2D eigenvalue weighted by Gasteiger charge is 2.28. The first-order valence-electron chi connectivity index (χ1n) is 19.4. The van der Waals surface area contributed by atoms with E-state index in [0.29, 0.717) is 5.82 Å². The first-order valence-corrected chi connectivity index (χ1v) is 19.4. The molecule has 0 saturated carbocycles. The lowest BCUT2D eigenvalue weighted by Crippen LogP contribution is -2.15. The molecule has 0 aliphatic carbocycles. The van der Waals surface area contributed by atoms with Crippen LogP contribution in [0.3, 0.4) is 0 Å². The Bertz CT molecular complexity index is 3410. The third kappa shape index (κ3) is 4.91. The minimum atomic E-state index is 0.700. The summed E-state index contributed by atoms with van der Waals surface area (Å²) in [6.45, 7) is 0. The van der Waals surface area contributed by atoms with Crippen molar-refractivity contribution in [3.8, 4) is 44.9 Å². The van der Waals surface area contributed by atoms with Crippen molar-refractivity contribution in [2.75, 3.05) is 4.90 Å². The van der Waals surface area contributed by atoms with Gasteiger partial charge in [0.25, 0.3) is 0 Å². The predicted molar refractivity (Wildman–Crippen MR) is 237 cm³/mol. The number of fused-ring (bicyclic) bond motifs is 6. The van der Waals surface area contributed by atoms with E-state index in [4.69, 9.17) is 15.0 Å². The fraction of sp³-hybridized carbons (Fsp3) is 0. The van der Waals surface area contributed by atoms with E-state index in [9.17, 15) is 0 Å². The minimum Gasteiger partial charge on any atom is -0.309 e. The van der Waals surface area contributed by atoms with Gasteiger partial charge in [0.1, 0.15) is 0 Å². The Morgan fingerprint density at radius 3 is 1.89 bits per heavy atom. The van der Waals surface area contributed by atoms with Crippen molar-refractivity contribution in [2.24, 2.45) is 0 Å². The van der Waals surface area contributed by atoms with Gasteiger partial charge in [-0.05, 0) is 69.1 Å². The number of hydrogen-bond acceptors (Lipinski definition) is 4. The van der Waals surface area contributed by atoms with Crippen LogP contribution >= 0.6 is 0 Å². The lowest BCUT2D eigenvalue weighted by atomic mass is 9.88. The van der Waals surface area contributed by atoms with Crippen molar-refractivity contribution in [1.82, 2.24) is 15.0 Å². The molecule has 2 aromatic heterocycles. The van der Waals surface area contributed by atoms with Gasteiger partial charge >= 0.3 is 0 Å². The number of nitrogens with zero attached hydrogens (tertiary/aromatic N) is 4. The summed E-state index contributed by atoms with van der Waals surface area (Å²) in [7, 11) is 0. The zero-order chi connectivity index (χ0) is 37.5. The quantitative estimate of drug-likeness (QED) is 0.181.